The highest BCUT2D eigenvalue weighted by Crippen LogP contribution is 2.10. The monoisotopic (exact) mass is 255 g/mol. The Morgan fingerprint density at radius 1 is 1.00 bits per heavy atom. The minimum absolute atomic E-state index is 0.268. The topological polar surface area (TPSA) is 44.4 Å². The van der Waals surface area contributed by atoms with E-state index in [0.717, 1.165) is 16.9 Å². The lowest BCUT2D eigenvalue weighted by molar-refractivity contribution is 0.251. The van der Waals surface area contributed by atoms with E-state index < -0.39 is 0 Å². The number of nitrogens with one attached hydrogen (secondary N) is 2. The summed E-state index contributed by atoms with van der Waals surface area (Å²) in [7, 11) is 1.80. The Labute approximate surface area is 113 Å². The molecule has 2 N–H and O–H groups in total. The number of hydrogen-bond donors (Lipinski definition) is 2. The number of anilines is 2. The Bertz CT molecular complexity index is 537. The predicted molar refractivity (Wildman–Crippen MR) is 78.2 cm³/mol. The first kappa shape index (κ1) is 13.0. The van der Waals surface area contributed by atoms with Gasteiger partial charge in [-0.05, 0) is 31.2 Å². The van der Waals surface area contributed by atoms with Gasteiger partial charge in [-0.3, -0.25) is 5.01 Å². The summed E-state index contributed by atoms with van der Waals surface area (Å²) in [5.41, 5.74) is 5.59. The van der Waals surface area contributed by atoms with Gasteiger partial charge in [0.15, 0.2) is 0 Å². The molecule has 0 saturated carbocycles. The number of amides is 2. The fourth-order valence-corrected chi connectivity index (χ4v) is 1.66. The number of hydrazine groups is 1. The lowest BCUT2D eigenvalue weighted by Gasteiger charge is -2.20. The van der Waals surface area contributed by atoms with Gasteiger partial charge in [0.05, 0.1) is 5.69 Å². The van der Waals surface area contributed by atoms with Crippen molar-refractivity contribution in [3.8, 4) is 0 Å². The van der Waals surface area contributed by atoms with E-state index in [1.54, 1.807) is 12.1 Å². The number of hydrogen-bond acceptors (Lipinski definition) is 2. The maximum Gasteiger partial charge on any atom is 0.338 e. The number of nitrogens with zero attached hydrogens (tertiary/aromatic N) is 1. The molecule has 0 bridgehead atoms. The van der Waals surface area contributed by atoms with Crippen LogP contribution in [0.15, 0.2) is 54.6 Å². The van der Waals surface area contributed by atoms with Crippen molar-refractivity contribution in [2.24, 2.45) is 0 Å². The van der Waals surface area contributed by atoms with E-state index in [2.05, 4.69) is 10.7 Å². The first-order chi connectivity index (χ1) is 9.15. The van der Waals surface area contributed by atoms with Crippen molar-refractivity contribution in [3.63, 3.8) is 0 Å². The van der Waals surface area contributed by atoms with E-state index in [4.69, 9.17) is 0 Å². The summed E-state index contributed by atoms with van der Waals surface area (Å²) >= 11 is 0. The average molecular weight is 255 g/mol. The Balaban J connectivity index is 1.93. The van der Waals surface area contributed by atoms with Crippen LogP contribution in [0.1, 0.15) is 5.56 Å². The lowest BCUT2D eigenvalue weighted by Crippen LogP contribution is -2.41. The second-order valence-electron chi connectivity index (χ2n) is 4.33. The third kappa shape index (κ3) is 3.74. The summed E-state index contributed by atoms with van der Waals surface area (Å²) in [5.74, 6) is 0. The summed E-state index contributed by atoms with van der Waals surface area (Å²) in [5, 5.41) is 4.45. The quantitative estimate of drug-likeness (QED) is 0.827. The fraction of sp³-hybridized carbons (Fsp3) is 0.133. The van der Waals surface area contributed by atoms with Crippen molar-refractivity contribution >= 4 is 17.4 Å². The molecule has 4 nitrogen and oxygen atoms in total. The molecular formula is C15H17N3O. The number of aryl methyl sites for hydroxylation is 1. The second kappa shape index (κ2) is 5.91. The standard InChI is InChI=1S/C15H17N3O/c1-12-8-10-13(11-9-12)16-15(19)17-18(2)14-6-4-3-5-7-14/h3-11H,1-2H3,(H2,16,17,19). The Kier molecular flexibility index (Phi) is 4.03. The second-order valence-corrected chi connectivity index (χ2v) is 4.33. The predicted octanol–water partition coefficient (Wildman–Crippen LogP) is 3.17. The summed E-state index contributed by atoms with van der Waals surface area (Å²) in [6, 6.07) is 17.0. The van der Waals surface area contributed by atoms with Crippen molar-refractivity contribution in [1.82, 2.24) is 5.43 Å². The fourth-order valence-electron chi connectivity index (χ4n) is 1.66. The largest absolute Gasteiger partial charge is 0.338 e. The molecule has 4 heteroatoms. The highest BCUT2D eigenvalue weighted by Gasteiger charge is 2.05. The van der Waals surface area contributed by atoms with Gasteiger partial charge in [0.1, 0.15) is 0 Å². The van der Waals surface area contributed by atoms with Crippen LogP contribution >= 0.6 is 0 Å². The highest BCUT2D eigenvalue weighted by molar-refractivity contribution is 5.90. The van der Waals surface area contributed by atoms with Crippen LogP contribution in [-0.4, -0.2) is 13.1 Å². The van der Waals surface area contributed by atoms with Crippen molar-refractivity contribution in [1.29, 1.82) is 0 Å². The molecule has 2 rings (SSSR count). The molecule has 2 amide bonds. The SMILES string of the molecule is Cc1ccc(NC(=O)NN(C)c2ccccc2)cc1. The zero-order valence-corrected chi connectivity index (χ0v) is 11.1. The number of rotatable bonds is 3. The maximum absolute atomic E-state index is 11.8. The molecule has 0 radical (unpaired) electrons. The first-order valence-corrected chi connectivity index (χ1v) is 6.08. The van der Waals surface area contributed by atoms with Crippen LogP contribution in [0.2, 0.25) is 0 Å². The zero-order valence-electron chi connectivity index (χ0n) is 11.1. The van der Waals surface area contributed by atoms with Crippen LogP contribution in [0.4, 0.5) is 16.2 Å². The summed E-state index contributed by atoms with van der Waals surface area (Å²) < 4.78 is 0. The van der Waals surface area contributed by atoms with Gasteiger partial charge in [-0.15, -0.1) is 0 Å². The number of carbonyl (C=O) groups excluding carboxylic acids is 1. The van der Waals surface area contributed by atoms with Gasteiger partial charge >= 0.3 is 6.03 Å². The van der Waals surface area contributed by atoms with Crippen LogP contribution < -0.4 is 15.8 Å². The van der Waals surface area contributed by atoms with E-state index in [9.17, 15) is 4.79 Å². The number of para-hydroxylation sites is 1. The summed E-state index contributed by atoms with van der Waals surface area (Å²) in [6.45, 7) is 2.01. The van der Waals surface area contributed by atoms with Gasteiger partial charge < -0.3 is 5.32 Å². The minimum atomic E-state index is -0.268. The molecule has 0 atom stereocenters. The molecule has 0 fully saturated rings. The molecule has 98 valence electrons. The van der Waals surface area contributed by atoms with Gasteiger partial charge in [-0.2, -0.15) is 0 Å². The summed E-state index contributed by atoms with van der Waals surface area (Å²) in [4.78, 5) is 11.8. The van der Waals surface area contributed by atoms with Crippen LogP contribution in [-0.2, 0) is 0 Å². The zero-order chi connectivity index (χ0) is 13.7. The van der Waals surface area contributed by atoms with Gasteiger partial charge in [0.25, 0.3) is 0 Å². The third-order valence-electron chi connectivity index (χ3n) is 2.72. The highest BCUT2D eigenvalue weighted by atomic mass is 16.2. The van der Waals surface area contributed by atoms with E-state index in [1.807, 2.05) is 61.5 Å². The molecule has 19 heavy (non-hydrogen) atoms. The Morgan fingerprint density at radius 2 is 1.63 bits per heavy atom. The Hall–Kier alpha value is -2.49. The maximum atomic E-state index is 11.8. The van der Waals surface area contributed by atoms with E-state index in [-0.39, 0.29) is 6.03 Å². The lowest BCUT2D eigenvalue weighted by atomic mass is 10.2. The molecule has 2 aromatic carbocycles. The van der Waals surface area contributed by atoms with Crippen molar-refractivity contribution in [2.45, 2.75) is 6.92 Å². The van der Waals surface area contributed by atoms with E-state index >= 15 is 0 Å². The van der Waals surface area contributed by atoms with Gasteiger partial charge in [0.2, 0.25) is 0 Å². The normalized spacial score (nSPS) is 9.79. The molecule has 0 aliphatic rings. The Morgan fingerprint density at radius 3 is 2.26 bits per heavy atom. The molecule has 0 spiro atoms. The molecule has 0 aliphatic carbocycles. The van der Waals surface area contributed by atoms with Crippen molar-refractivity contribution in [3.05, 3.63) is 60.2 Å². The minimum Gasteiger partial charge on any atom is -0.307 e. The molecule has 0 unspecified atom stereocenters. The summed E-state index contributed by atoms with van der Waals surface area (Å²) in [6.07, 6.45) is 0. The van der Waals surface area contributed by atoms with Crippen LogP contribution in [0.3, 0.4) is 0 Å². The van der Waals surface area contributed by atoms with Crippen LogP contribution in [0, 0.1) is 6.92 Å². The van der Waals surface area contributed by atoms with Crippen LogP contribution in [0.5, 0.6) is 0 Å². The molecule has 0 saturated heterocycles. The van der Waals surface area contributed by atoms with Gasteiger partial charge in [-0.25, -0.2) is 10.2 Å². The van der Waals surface area contributed by atoms with Gasteiger partial charge in [-0.1, -0.05) is 35.9 Å². The van der Waals surface area contributed by atoms with Crippen LogP contribution in [0.25, 0.3) is 0 Å². The van der Waals surface area contributed by atoms with Crippen molar-refractivity contribution in [2.75, 3.05) is 17.4 Å². The van der Waals surface area contributed by atoms with E-state index in [1.165, 1.54) is 0 Å². The smallest absolute Gasteiger partial charge is 0.307 e. The molecular weight excluding hydrogens is 238 g/mol. The molecule has 0 heterocycles. The number of carbonyl (C=O) groups is 1. The molecule has 2 aromatic rings. The van der Waals surface area contributed by atoms with E-state index in [0.29, 0.717) is 0 Å². The number of urea groups is 1. The molecule has 0 aliphatic heterocycles. The average Bonchev–Trinajstić information content (AvgIpc) is 2.42. The van der Waals surface area contributed by atoms with Crippen molar-refractivity contribution < 1.29 is 4.79 Å². The molecule has 0 aromatic heterocycles. The third-order valence-corrected chi connectivity index (χ3v) is 2.72. The first-order valence-electron chi connectivity index (χ1n) is 6.08. The van der Waals surface area contributed by atoms with Gasteiger partial charge in [0, 0.05) is 12.7 Å². The number of benzene rings is 2.